The topological polar surface area (TPSA) is 233 Å². The summed E-state index contributed by atoms with van der Waals surface area (Å²) in [6, 6.07) is 35.0. The summed E-state index contributed by atoms with van der Waals surface area (Å²) >= 11 is 1.34. The standard InChI is InChI=1S/C42H38N8O8S3/c1-27-11-15-29(16-12-27)43-39(51)47-35-7-3-5-9-37(35)60(55,56)49-41(53)45-31-19-23-33(24-20-31)59-34-25-21-32(22-26-34)46-42(54)50-61(57,58)38-10-6-4-8-36(38)48-40(52)44-30-17-13-28(2)14-18-30/h3-26H,1-2H3,(H2,43,47,51)(H2,44,48,52)(H2,45,49,53)(H2,46,50,54). The van der Waals surface area contributed by atoms with E-state index >= 15 is 0 Å². The van der Waals surface area contributed by atoms with Gasteiger partial charge in [-0.05, 0) is 111 Å². The lowest BCUT2D eigenvalue weighted by Crippen LogP contribution is -2.35. The minimum Gasteiger partial charge on any atom is -0.308 e. The number of para-hydroxylation sites is 2. The molecule has 6 aromatic rings. The van der Waals surface area contributed by atoms with Crippen LogP contribution < -0.4 is 41.3 Å². The Balaban J connectivity index is 0.986. The Kier molecular flexibility index (Phi) is 13.6. The van der Waals surface area contributed by atoms with Crippen LogP contribution in [0.2, 0.25) is 0 Å². The van der Waals surface area contributed by atoms with E-state index in [1.54, 1.807) is 84.9 Å². The van der Waals surface area contributed by atoms with Crippen LogP contribution in [0, 0.1) is 13.8 Å². The van der Waals surface area contributed by atoms with Crippen LogP contribution in [0.1, 0.15) is 11.1 Å². The van der Waals surface area contributed by atoms with Gasteiger partial charge < -0.3 is 31.9 Å². The van der Waals surface area contributed by atoms with Crippen molar-refractivity contribution in [2.45, 2.75) is 33.4 Å². The van der Waals surface area contributed by atoms with Crippen LogP contribution in [-0.2, 0) is 20.0 Å². The van der Waals surface area contributed by atoms with Crippen molar-refractivity contribution in [1.29, 1.82) is 0 Å². The van der Waals surface area contributed by atoms with E-state index in [0.717, 1.165) is 20.9 Å². The molecule has 312 valence electrons. The van der Waals surface area contributed by atoms with Crippen LogP contribution in [0.5, 0.6) is 0 Å². The smallest absolute Gasteiger partial charge is 0.308 e. The Morgan fingerprint density at radius 3 is 1.02 bits per heavy atom. The average molecular weight is 879 g/mol. The predicted molar refractivity (Wildman–Crippen MR) is 236 cm³/mol. The number of carbonyl (C=O) groups is 4. The minimum absolute atomic E-state index is 0.0400. The Morgan fingerprint density at radius 2 is 0.672 bits per heavy atom. The highest BCUT2D eigenvalue weighted by Crippen LogP contribution is 2.30. The highest BCUT2D eigenvalue weighted by molar-refractivity contribution is 7.99. The summed E-state index contributed by atoms with van der Waals surface area (Å²) < 4.78 is 56.6. The van der Waals surface area contributed by atoms with Crippen LogP contribution in [-0.4, -0.2) is 41.0 Å². The molecule has 0 radical (unpaired) electrons. The summed E-state index contributed by atoms with van der Waals surface area (Å²) in [6.07, 6.45) is 0. The lowest BCUT2D eigenvalue weighted by molar-refractivity contribution is 0.255. The van der Waals surface area contributed by atoms with Crippen molar-refractivity contribution in [3.8, 4) is 0 Å². The molecule has 0 unspecified atom stereocenters. The van der Waals surface area contributed by atoms with E-state index in [1.807, 2.05) is 47.6 Å². The second-order valence-corrected chi connectivity index (χ2v) is 17.6. The molecule has 0 fully saturated rings. The van der Waals surface area contributed by atoms with Crippen molar-refractivity contribution in [1.82, 2.24) is 9.44 Å². The number of sulfonamides is 2. The molecule has 0 aromatic heterocycles. The van der Waals surface area contributed by atoms with Gasteiger partial charge in [0.15, 0.2) is 0 Å². The Labute approximate surface area is 356 Å². The first kappa shape index (κ1) is 43.2. The fourth-order valence-electron chi connectivity index (χ4n) is 5.47. The van der Waals surface area contributed by atoms with E-state index < -0.39 is 44.2 Å². The summed E-state index contributed by atoms with van der Waals surface area (Å²) in [5.41, 5.74) is 3.53. The zero-order chi connectivity index (χ0) is 43.6. The molecular formula is C42H38N8O8S3. The molecule has 8 N–H and O–H groups in total. The normalized spacial score (nSPS) is 11.0. The molecular weight excluding hydrogens is 841 g/mol. The third-order valence-corrected chi connectivity index (χ3v) is 12.2. The summed E-state index contributed by atoms with van der Waals surface area (Å²) in [5, 5.41) is 15.2. The van der Waals surface area contributed by atoms with Gasteiger partial charge >= 0.3 is 24.1 Å². The molecule has 16 nitrogen and oxygen atoms in total. The van der Waals surface area contributed by atoms with Gasteiger partial charge in [0.05, 0.1) is 11.4 Å². The number of aryl methyl sites for hydroxylation is 2. The number of nitrogens with one attached hydrogen (secondary N) is 8. The lowest BCUT2D eigenvalue weighted by atomic mass is 10.2. The van der Waals surface area contributed by atoms with Gasteiger partial charge in [0.25, 0.3) is 20.0 Å². The fourth-order valence-corrected chi connectivity index (χ4v) is 8.43. The van der Waals surface area contributed by atoms with E-state index in [2.05, 4.69) is 31.9 Å². The maximum absolute atomic E-state index is 13.2. The van der Waals surface area contributed by atoms with Gasteiger partial charge in [-0.1, -0.05) is 71.4 Å². The van der Waals surface area contributed by atoms with Crippen molar-refractivity contribution in [3.05, 3.63) is 157 Å². The molecule has 0 aliphatic carbocycles. The molecule has 0 aliphatic heterocycles. The Hall–Kier alpha value is -7.35. The molecule has 0 heterocycles. The fraction of sp³-hybridized carbons (Fsp3) is 0.0476. The summed E-state index contributed by atoms with van der Waals surface area (Å²) in [4.78, 5) is 51.6. The SMILES string of the molecule is Cc1ccc(NC(=O)Nc2ccccc2S(=O)(=O)NC(=O)Nc2ccc(Sc3ccc(NC(=O)NS(=O)(=O)c4ccccc4NC(=O)Nc4ccc(C)cc4)cc3)cc2)cc1. The van der Waals surface area contributed by atoms with E-state index in [0.29, 0.717) is 22.7 Å². The third-order valence-electron chi connectivity index (χ3n) is 8.38. The van der Waals surface area contributed by atoms with Crippen LogP contribution >= 0.6 is 11.8 Å². The number of benzene rings is 6. The maximum Gasteiger partial charge on any atom is 0.333 e. The first-order valence-electron chi connectivity index (χ1n) is 18.1. The van der Waals surface area contributed by atoms with Gasteiger partial charge in [0.2, 0.25) is 0 Å². The average Bonchev–Trinajstić information content (AvgIpc) is 3.21. The van der Waals surface area contributed by atoms with E-state index in [-0.39, 0.29) is 21.2 Å². The van der Waals surface area contributed by atoms with E-state index in [9.17, 15) is 36.0 Å². The monoisotopic (exact) mass is 878 g/mol. The molecule has 8 amide bonds. The summed E-state index contributed by atoms with van der Waals surface area (Å²) in [5.74, 6) is 0. The van der Waals surface area contributed by atoms with Crippen LogP contribution in [0.15, 0.2) is 165 Å². The third kappa shape index (κ3) is 12.3. The largest absolute Gasteiger partial charge is 0.333 e. The van der Waals surface area contributed by atoms with Gasteiger partial charge in [-0.3, -0.25) is 0 Å². The molecule has 61 heavy (non-hydrogen) atoms. The molecule has 0 aliphatic rings. The molecule has 0 atom stereocenters. The van der Waals surface area contributed by atoms with Crippen LogP contribution in [0.4, 0.5) is 53.3 Å². The highest BCUT2D eigenvalue weighted by atomic mass is 32.2. The van der Waals surface area contributed by atoms with E-state index in [1.165, 1.54) is 48.2 Å². The molecule has 0 spiro atoms. The molecule has 0 saturated heterocycles. The minimum atomic E-state index is -4.42. The zero-order valence-electron chi connectivity index (χ0n) is 32.3. The summed E-state index contributed by atoms with van der Waals surface area (Å²) in [6.45, 7) is 3.80. The van der Waals surface area contributed by atoms with Crippen molar-refractivity contribution >= 4 is 90.1 Å². The number of urea groups is 4. The lowest BCUT2D eigenvalue weighted by Gasteiger charge is -2.14. The van der Waals surface area contributed by atoms with Crippen molar-refractivity contribution < 1.29 is 36.0 Å². The molecule has 0 bridgehead atoms. The maximum atomic E-state index is 13.2. The van der Waals surface area contributed by atoms with Crippen molar-refractivity contribution in [2.24, 2.45) is 0 Å². The number of hydrogen-bond donors (Lipinski definition) is 8. The van der Waals surface area contributed by atoms with Gasteiger partial charge in [-0.15, -0.1) is 0 Å². The van der Waals surface area contributed by atoms with Crippen LogP contribution in [0.3, 0.4) is 0 Å². The highest BCUT2D eigenvalue weighted by Gasteiger charge is 2.24. The van der Waals surface area contributed by atoms with Crippen molar-refractivity contribution in [2.75, 3.05) is 31.9 Å². The molecule has 0 saturated carbocycles. The second-order valence-electron chi connectivity index (χ2n) is 13.2. The number of anilines is 6. The van der Waals surface area contributed by atoms with Gasteiger partial charge in [-0.25, -0.2) is 45.5 Å². The first-order valence-corrected chi connectivity index (χ1v) is 21.9. The Morgan fingerprint density at radius 1 is 0.377 bits per heavy atom. The van der Waals surface area contributed by atoms with Gasteiger partial charge in [0.1, 0.15) is 9.79 Å². The number of carbonyl (C=O) groups excluding carboxylic acids is 4. The van der Waals surface area contributed by atoms with Gasteiger partial charge in [0, 0.05) is 32.5 Å². The number of hydrogen-bond acceptors (Lipinski definition) is 9. The molecule has 6 aromatic carbocycles. The number of amides is 8. The zero-order valence-corrected chi connectivity index (χ0v) is 34.8. The molecule has 6 rings (SSSR count). The predicted octanol–water partition coefficient (Wildman–Crippen LogP) is 8.76. The first-order chi connectivity index (χ1) is 29.1. The number of rotatable bonds is 12. The molecule has 19 heteroatoms. The van der Waals surface area contributed by atoms with Crippen LogP contribution in [0.25, 0.3) is 0 Å². The van der Waals surface area contributed by atoms with E-state index in [4.69, 9.17) is 0 Å². The van der Waals surface area contributed by atoms with Gasteiger partial charge in [-0.2, -0.15) is 0 Å². The second kappa shape index (κ2) is 19.1. The Bertz CT molecular complexity index is 2600. The van der Waals surface area contributed by atoms with Crippen molar-refractivity contribution in [3.63, 3.8) is 0 Å². The summed E-state index contributed by atoms with van der Waals surface area (Å²) in [7, 11) is -8.83. The quantitative estimate of drug-likeness (QED) is 0.0586.